The molecule has 0 atom stereocenters. The third-order valence-electron chi connectivity index (χ3n) is 6.61. The maximum atomic E-state index is 2.48. The van der Waals surface area contributed by atoms with E-state index in [0.717, 1.165) is 0 Å². The van der Waals surface area contributed by atoms with Gasteiger partial charge in [-0.3, -0.25) is 0 Å². The second kappa shape index (κ2) is 23.8. The van der Waals surface area contributed by atoms with Crippen molar-refractivity contribution in [1.82, 2.24) is 0 Å². The molecule has 0 aromatic heterocycles. The van der Waals surface area contributed by atoms with E-state index in [1.165, 1.54) is 77.0 Å². The summed E-state index contributed by atoms with van der Waals surface area (Å²) < 4.78 is 0. The van der Waals surface area contributed by atoms with Crippen molar-refractivity contribution in [2.75, 3.05) is 0 Å². The Kier molecular flexibility index (Phi) is 24.2. The molecule has 0 bridgehead atoms. The van der Waals surface area contributed by atoms with Gasteiger partial charge in [0.25, 0.3) is 0 Å². The van der Waals surface area contributed by atoms with E-state index < -0.39 is 0 Å². The summed E-state index contributed by atoms with van der Waals surface area (Å²) in [5.74, 6) is 0. The van der Waals surface area contributed by atoms with Gasteiger partial charge in [-0.1, -0.05) is 107 Å². The number of aryl methyl sites for hydroxylation is 8. The van der Waals surface area contributed by atoms with Gasteiger partial charge in [-0.15, -0.1) is 0 Å². The highest BCUT2D eigenvalue weighted by molar-refractivity contribution is 5.43. The summed E-state index contributed by atoms with van der Waals surface area (Å²) in [5.41, 5.74) is 13.2. The highest BCUT2D eigenvalue weighted by Gasteiger charge is 2.18. The summed E-state index contributed by atoms with van der Waals surface area (Å²) in [6, 6.07) is 9.91. The molecule has 0 spiro atoms. The molecule has 0 unspecified atom stereocenters. The molecule has 0 N–H and O–H groups in total. The Balaban J connectivity index is 0. The molecule has 0 amide bonds. The minimum Gasteiger partial charge on any atom is -0.0683 e. The third-order valence-corrected chi connectivity index (χ3v) is 6.61. The Morgan fingerprint density at radius 2 is 0.361 bits per heavy atom. The second-order valence-electron chi connectivity index (χ2n) is 8.19. The fourth-order valence-corrected chi connectivity index (χ4v) is 5.32. The Morgan fingerprint density at radius 3 is 0.472 bits per heavy atom. The van der Waals surface area contributed by atoms with E-state index >= 15 is 0 Å². The van der Waals surface area contributed by atoms with Crippen molar-refractivity contribution in [1.29, 1.82) is 0 Å². The van der Waals surface area contributed by atoms with Crippen molar-refractivity contribution in [2.24, 2.45) is 0 Å². The van der Waals surface area contributed by atoms with Gasteiger partial charge in [0.15, 0.2) is 0 Å². The summed E-state index contributed by atoms with van der Waals surface area (Å²) >= 11 is 0. The lowest BCUT2D eigenvalue weighted by Crippen LogP contribution is -1.88. The van der Waals surface area contributed by atoms with Crippen LogP contribution in [0.25, 0.3) is 0 Å². The van der Waals surface area contributed by atoms with Gasteiger partial charge in [-0.05, 0) is 122 Å². The van der Waals surface area contributed by atoms with Gasteiger partial charge >= 0.3 is 0 Å². The van der Waals surface area contributed by atoms with E-state index in [-0.39, 0.29) is 0 Å². The van der Waals surface area contributed by atoms with E-state index in [2.05, 4.69) is 24.3 Å². The first-order valence-electron chi connectivity index (χ1n) is 16.1. The van der Waals surface area contributed by atoms with Crippen LogP contribution >= 0.6 is 0 Å². The first-order chi connectivity index (χ1) is 17.9. The van der Waals surface area contributed by atoms with Gasteiger partial charge in [0.2, 0.25) is 0 Å². The Labute approximate surface area is 228 Å². The molecule has 0 saturated carbocycles. The van der Waals surface area contributed by atoms with Crippen LogP contribution < -0.4 is 0 Å². The van der Waals surface area contributed by atoms with Crippen molar-refractivity contribution in [3.05, 3.63) is 68.8 Å². The standard InChI is InChI=1S/2C12H14.6C2H6/c2*1-3-9-7-11-5-2-6-12(11)8-10(9)4-1;6*1-2/h2*7-8H,1-6H2;6*1-2H3. The van der Waals surface area contributed by atoms with E-state index in [0.29, 0.717) is 0 Å². The van der Waals surface area contributed by atoms with Gasteiger partial charge < -0.3 is 0 Å². The molecule has 0 saturated heterocycles. The molecule has 36 heavy (non-hydrogen) atoms. The molecule has 2 aromatic carbocycles. The predicted molar refractivity (Wildman–Crippen MR) is 169 cm³/mol. The first kappa shape index (κ1) is 36.6. The van der Waals surface area contributed by atoms with Crippen LogP contribution in [0, 0.1) is 0 Å². The molecule has 0 fully saturated rings. The van der Waals surface area contributed by atoms with Gasteiger partial charge in [0.05, 0.1) is 0 Å². The van der Waals surface area contributed by atoms with Gasteiger partial charge in [0.1, 0.15) is 0 Å². The number of fused-ring (bicyclic) bond motifs is 4. The van der Waals surface area contributed by atoms with E-state index in [1.807, 2.05) is 83.1 Å². The molecule has 0 aliphatic heterocycles. The summed E-state index contributed by atoms with van der Waals surface area (Å²) in [5, 5.41) is 0. The molecule has 208 valence electrons. The fourth-order valence-electron chi connectivity index (χ4n) is 5.32. The molecule has 0 nitrogen and oxygen atoms in total. The van der Waals surface area contributed by atoms with Crippen molar-refractivity contribution >= 4 is 0 Å². The SMILES string of the molecule is CC.CC.CC.CC.CC.CC.c1c2c(cc3c1CCC3)CCC2.c1c2c(cc3c1CCC3)CCC2. The van der Waals surface area contributed by atoms with Crippen LogP contribution in [0.2, 0.25) is 0 Å². The smallest absolute Gasteiger partial charge is 0.0273 e. The average Bonchev–Trinajstić information content (AvgIpc) is 3.80. The Morgan fingerprint density at radius 1 is 0.250 bits per heavy atom. The molecule has 6 rings (SSSR count). The highest BCUT2D eigenvalue weighted by atomic mass is 14.2. The van der Waals surface area contributed by atoms with Crippen molar-refractivity contribution in [2.45, 2.75) is 160 Å². The minimum absolute atomic E-state index is 1.34. The van der Waals surface area contributed by atoms with E-state index in [9.17, 15) is 0 Å². The normalized spacial score (nSPS) is 13.9. The average molecular weight is 497 g/mol. The topological polar surface area (TPSA) is 0 Å². The van der Waals surface area contributed by atoms with Crippen molar-refractivity contribution < 1.29 is 0 Å². The molecule has 0 heteroatoms. The molecule has 0 heterocycles. The van der Waals surface area contributed by atoms with Gasteiger partial charge in [-0.2, -0.15) is 0 Å². The number of rotatable bonds is 0. The first-order valence-corrected chi connectivity index (χ1v) is 16.1. The molecule has 4 aliphatic rings. The molecular formula is C36H64. The van der Waals surface area contributed by atoms with Crippen LogP contribution in [-0.2, 0) is 51.4 Å². The zero-order chi connectivity index (χ0) is 27.9. The molecular weight excluding hydrogens is 432 g/mol. The van der Waals surface area contributed by atoms with E-state index in [4.69, 9.17) is 0 Å². The monoisotopic (exact) mass is 497 g/mol. The minimum atomic E-state index is 1.34. The summed E-state index contributed by atoms with van der Waals surface area (Å²) in [6.07, 6.45) is 16.2. The summed E-state index contributed by atoms with van der Waals surface area (Å²) in [6.45, 7) is 24.0. The van der Waals surface area contributed by atoms with Crippen LogP contribution in [0.1, 0.15) is 153 Å². The van der Waals surface area contributed by atoms with Crippen LogP contribution in [0.15, 0.2) is 24.3 Å². The lowest BCUT2D eigenvalue weighted by atomic mass is 10.0. The maximum absolute atomic E-state index is 2.48. The maximum Gasteiger partial charge on any atom is -0.0273 e. The van der Waals surface area contributed by atoms with Crippen LogP contribution in [0.4, 0.5) is 0 Å². The number of hydrogen-bond donors (Lipinski definition) is 0. The highest BCUT2D eigenvalue weighted by Crippen LogP contribution is 2.31. The van der Waals surface area contributed by atoms with Gasteiger partial charge in [0, 0.05) is 0 Å². The number of benzene rings is 2. The van der Waals surface area contributed by atoms with Crippen molar-refractivity contribution in [3.8, 4) is 0 Å². The zero-order valence-electron chi connectivity index (χ0n) is 26.8. The molecule has 2 aromatic rings. The quantitative estimate of drug-likeness (QED) is 0.340. The molecule has 4 aliphatic carbocycles. The Bertz CT molecular complexity index is 593. The second-order valence-corrected chi connectivity index (χ2v) is 8.19. The molecule has 0 radical (unpaired) electrons. The predicted octanol–water partition coefficient (Wildman–Crippen LogP) is 11.5. The lowest BCUT2D eigenvalue weighted by Gasteiger charge is -2.03. The summed E-state index contributed by atoms with van der Waals surface area (Å²) in [4.78, 5) is 0. The van der Waals surface area contributed by atoms with E-state index in [1.54, 1.807) is 44.5 Å². The fraction of sp³-hybridized carbons (Fsp3) is 0.667. The largest absolute Gasteiger partial charge is 0.0683 e. The van der Waals surface area contributed by atoms with Crippen molar-refractivity contribution in [3.63, 3.8) is 0 Å². The Hall–Kier alpha value is -1.56. The summed E-state index contributed by atoms with van der Waals surface area (Å²) in [7, 11) is 0. The van der Waals surface area contributed by atoms with Gasteiger partial charge in [-0.25, -0.2) is 0 Å². The van der Waals surface area contributed by atoms with Crippen LogP contribution in [0.3, 0.4) is 0 Å². The lowest BCUT2D eigenvalue weighted by molar-refractivity contribution is 0.897. The van der Waals surface area contributed by atoms with Crippen LogP contribution in [0.5, 0.6) is 0 Å². The number of hydrogen-bond acceptors (Lipinski definition) is 0. The zero-order valence-corrected chi connectivity index (χ0v) is 26.8. The third kappa shape index (κ3) is 10.8. The van der Waals surface area contributed by atoms with Crippen LogP contribution in [-0.4, -0.2) is 0 Å².